The number of nitrogens with zero attached hydrogens (tertiary/aromatic N) is 4. The Hall–Kier alpha value is -2.41. The van der Waals surface area contributed by atoms with E-state index >= 15 is 0 Å². The highest BCUT2D eigenvalue weighted by Gasteiger charge is 2.14. The first kappa shape index (κ1) is 17.4. The van der Waals surface area contributed by atoms with Gasteiger partial charge in [0.25, 0.3) is 5.91 Å². The lowest BCUT2D eigenvalue weighted by Crippen LogP contribution is -2.16. The van der Waals surface area contributed by atoms with Gasteiger partial charge in [-0.25, -0.2) is 0 Å². The summed E-state index contributed by atoms with van der Waals surface area (Å²) in [6, 6.07) is 7.71. The van der Waals surface area contributed by atoms with Crippen LogP contribution in [0.4, 0.5) is 0 Å². The maximum absolute atomic E-state index is 12.6. The molecule has 7 heteroatoms. The van der Waals surface area contributed by atoms with Crippen LogP contribution in [0.2, 0.25) is 0 Å². The number of aromatic nitrogens is 3. The quantitative estimate of drug-likeness (QED) is 0.702. The zero-order valence-electron chi connectivity index (χ0n) is 14.9. The van der Waals surface area contributed by atoms with Crippen molar-refractivity contribution in [3.05, 3.63) is 40.5 Å². The SMILES string of the molecule is CCOc1cccc2sc(=NC(=O)c3cc(C)n(CC)n3)n(CC)c12. The first-order chi connectivity index (χ1) is 12.1. The first-order valence-corrected chi connectivity index (χ1v) is 9.29. The van der Waals surface area contributed by atoms with Crippen LogP contribution in [0.1, 0.15) is 37.0 Å². The molecule has 3 rings (SSSR count). The predicted molar refractivity (Wildman–Crippen MR) is 99.2 cm³/mol. The molecule has 0 radical (unpaired) electrons. The van der Waals surface area contributed by atoms with Crippen LogP contribution in [-0.4, -0.2) is 26.9 Å². The predicted octanol–water partition coefficient (Wildman–Crippen LogP) is 3.39. The smallest absolute Gasteiger partial charge is 0.300 e. The molecule has 1 aromatic carbocycles. The van der Waals surface area contributed by atoms with E-state index in [1.807, 2.05) is 50.5 Å². The molecule has 3 aromatic rings. The van der Waals surface area contributed by atoms with Crippen LogP contribution in [0.15, 0.2) is 29.3 Å². The summed E-state index contributed by atoms with van der Waals surface area (Å²) in [5.41, 5.74) is 2.32. The molecule has 6 nitrogen and oxygen atoms in total. The van der Waals surface area contributed by atoms with Crippen LogP contribution >= 0.6 is 11.3 Å². The number of hydrogen-bond acceptors (Lipinski definition) is 4. The number of fused-ring (bicyclic) bond motifs is 1. The zero-order valence-corrected chi connectivity index (χ0v) is 15.8. The van der Waals surface area contributed by atoms with E-state index in [1.54, 1.807) is 10.7 Å². The third-order valence-electron chi connectivity index (χ3n) is 3.98. The summed E-state index contributed by atoms with van der Waals surface area (Å²) >= 11 is 1.49. The van der Waals surface area contributed by atoms with E-state index in [-0.39, 0.29) is 5.91 Å². The highest BCUT2D eigenvalue weighted by Crippen LogP contribution is 2.27. The average molecular weight is 358 g/mol. The largest absolute Gasteiger partial charge is 0.492 e. The minimum atomic E-state index is -0.318. The molecule has 1 amide bonds. The Balaban J connectivity index is 2.12. The second-order valence-electron chi connectivity index (χ2n) is 5.57. The number of thiazole rings is 1. The number of ether oxygens (including phenoxy) is 1. The van der Waals surface area contributed by atoms with Crippen molar-refractivity contribution in [3.63, 3.8) is 0 Å². The fourth-order valence-corrected chi connectivity index (χ4v) is 3.94. The number of carbonyl (C=O) groups excluding carboxylic acids is 1. The Bertz CT molecular complexity index is 981. The fraction of sp³-hybridized carbons (Fsp3) is 0.389. The van der Waals surface area contributed by atoms with E-state index in [4.69, 9.17) is 4.74 Å². The minimum absolute atomic E-state index is 0.318. The lowest BCUT2D eigenvalue weighted by molar-refractivity contribution is 0.0992. The Morgan fingerprint density at radius 2 is 2.08 bits per heavy atom. The number of carbonyl (C=O) groups is 1. The summed E-state index contributed by atoms with van der Waals surface area (Å²) in [5.74, 6) is 0.500. The van der Waals surface area contributed by atoms with Gasteiger partial charge in [-0.15, -0.1) is 0 Å². The standard InChI is InChI=1S/C18H22N4O2S/c1-5-21-16-14(24-7-3)9-8-10-15(16)25-18(21)19-17(23)13-11-12(4)22(6-2)20-13/h8-11H,5-7H2,1-4H3. The van der Waals surface area contributed by atoms with E-state index in [2.05, 4.69) is 10.1 Å². The Labute approximate surface area is 150 Å². The Morgan fingerprint density at radius 1 is 1.28 bits per heavy atom. The van der Waals surface area contributed by atoms with E-state index in [1.165, 1.54) is 11.3 Å². The van der Waals surface area contributed by atoms with Crippen molar-refractivity contribution in [2.75, 3.05) is 6.61 Å². The number of hydrogen-bond donors (Lipinski definition) is 0. The summed E-state index contributed by atoms with van der Waals surface area (Å²) in [6.45, 7) is 9.97. The lowest BCUT2D eigenvalue weighted by Gasteiger charge is -2.07. The normalized spacial score (nSPS) is 12.1. The summed E-state index contributed by atoms with van der Waals surface area (Å²) in [6.07, 6.45) is 0. The van der Waals surface area contributed by atoms with Gasteiger partial charge in [-0.2, -0.15) is 10.1 Å². The zero-order chi connectivity index (χ0) is 18.0. The van der Waals surface area contributed by atoms with Crippen molar-refractivity contribution in [1.82, 2.24) is 14.3 Å². The van der Waals surface area contributed by atoms with Gasteiger partial charge in [0.1, 0.15) is 11.3 Å². The molecule has 0 saturated carbocycles. The van der Waals surface area contributed by atoms with Crippen molar-refractivity contribution >= 4 is 27.5 Å². The monoisotopic (exact) mass is 358 g/mol. The molecule has 0 N–H and O–H groups in total. The molecule has 0 unspecified atom stereocenters. The van der Waals surface area contributed by atoms with E-state index in [0.717, 1.165) is 28.2 Å². The molecule has 0 aliphatic heterocycles. The van der Waals surface area contributed by atoms with Gasteiger partial charge in [0.15, 0.2) is 10.5 Å². The van der Waals surface area contributed by atoms with Gasteiger partial charge in [-0.3, -0.25) is 9.48 Å². The van der Waals surface area contributed by atoms with Crippen LogP contribution in [0.3, 0.4) is 0 Å². The second kappa shape index (κ2) is 7.23. The van der Waals surface area contributed by atoms with E-state index in [9.17, 15) is 4.79 Å². The summed E-state index contributed by atoms with van der Waals surface area (Å²) in [5, 5.41) is 4.32. The molecule has 0 spiro atoms. The van der Waals surface area contributed by atoms with Gasteiger partial charge in [-0.1, -0.05) is 17.4 Å². The first-order valence-electron chi connectivity index (χ1n) is 8.47. The Morgan fingerprint density at radius 3 is 2.72 bits per heavy atom. The van der Waals surface area contributed by atoms with Crippen molar-refractivity contribution < 1.29 is 9.53 Å². The van der Waals surface area contributed by atoms with Gasteiger partial charge in [0.2, 0.25) is 0 Å². The van der Waals surface area contributed by atoms with Crippen molar-refractivity contribution in [2.24, 2.45) is 4.99 Å². The van der Waals surface area contributed by atoms with Gasteiger partial charge in [0.05, 0.1) is 11.3 Å². The van der Waals surface area contributed by atoms with Crippen molar-refractivity contribution in [1.29, 1.82) is 0 Å². The number of benzene rings is 1. The number of para-hydroxylation sites is 1. The third-order valence-corrected chi connectivity index (χ3v) is 5.02. The molecule has 0 atom stereocenters. The maximum atomic E-state index is 12.6. The molecule has 25 heavy (non-hydrogen) atoms. The minimum Gasteiger partial charge on any atom is -0.492 e. The Kier molecular flexibility index (Phi) is 5.03. The molecule has 2 aromatic heterocycles. The molecule has 0 saturated heterocycles. The molecule has 132 valence electrons. The van der Waals surface area contributed by atoms with Gasteiger partial charge in [-0.05, 0) is 45.9 Å². The van der Waals surface area contributed by atoms with E-state index < -0.39 is 0 Å². The molecular weight excluding hydrogens is 336 g/mol. The summed E-state index contributed by atoms with van der Waals surface area (Å²) < 4.78 is 10.6. The van der Waals surface area contributed by atoms with Crippen LogP contribution in [0.5, 0.6) is 5.75 Å². The number of amides is 1. The number of aryl methyl sites for hydroxylation is 3. The molecule has 2 heterocycles. The molecule has 0 aliphatic carbocycles. The van der Waals surface area contributed by atoms with E-state index in [0.29, 0.717) is 23.6 Å². The molecule has 0 bridgehead atoms. The second-order valence-corrected chi connectivity index (χ2v) is 6.58. The number of rotatable bonds is 5. The van der Waals surface area contributed by atoms with Crippen molar-refractivity contribution in [3.8, 4) is 5.75 Å². The van der Waals surface area contributed by atoms with Gasteiger partial charge < -0.3 is 9.30 Å². The fourth-order valence-electron chi connectivity index (χ4n) is 2.83. The van der Waals surface area contributed by atoms with Crippen LogP contribution in [-0.2, 0) is 13.1 Å². The topological polar surface area (TPSA) is 61.4 Å². The van der Waals surface area contributed by atoms with Crippen molar-refractivity contribution in [2.45, 2.75) is 40.8 Å². The molecule has 0 aliphatic rings. The van der Waals surface area contributed by atoms with Gasteiger partial charge in [0, 0.05) is 18.8 Å². The average Bonchev–Trinajstić information content (AvgIpc) is 3.15. The van der Waals surface area contributed by atoms with Gasteiger partial charge >= 0.3 is 0 Å². The lowest BCUT2D eigenvalue weighted by atomic mass is 10.3. The van der Waals surface area contributed by atoms with Crippen LogP contribution in [0, 0.1) is 6.92 Å². The van der Waals surface area contributed by atoms with Crippen LogP contribution < -0.4 is 9.54 Å². The molecule has 0 fully saturated rings. The highest BCUT2D eigenvalue weighted by atomic mass is 32.1. The maximum Gasteiger partial charge on any atom is 0.300 e. The summed E-state index contributed by atoms with van der Waals surface area (Å²) in [4.78, 5) is 17.6. The molecular formula is C18H22N4O2S. The van der Waals surface area contributed by atoms with Crippen LogP contribution in [0.25, 0.3) is 10.2 Å². The highest BCUT2D eigenvalue weighted by molar-refractivity contribution is 7.16. The summed E-state index contributed by atoms with van der Waals surface area (Å²) in [7, 11) is 0. The third kappa shape index (κ3) is 3.24.